The van der Waals surface area contributed by atoms with E-state index in [1.54, 1.807) is 12.6 Å². The smallest absolute Gasteiger partial charge is 0.313 e. The van der Waals surface area contributed by atoms with Gasteiger partial charge in [0.15, 0.2) is 0 Å². The summed E-state index contributed by atoms with van der Waals surface area (Å²) in [5.74, 6) is -0.491. The predicted molar refractivity (Wildman–Crippen MR) is 71.1 cm³/mol. The second kappa shape index (κ2) is 5.13. The molecule has 1 atom stereocenters. The summed E-state index contributed by atoms with van der Waals surface area (Å²) in [5, 5.41) is 9.48. The number of furan rings is 1. The molecule has 1 N–H and O–H groups in total. The van der Waals surface area contributed by atoms with Crippen molar-refractivity contribution in [3.8, 4) is 0 Å². The molecule has 3 rings (SSSR count). The van der Waals surface area contributed by atoms with Gasteiger partial charge < -0.3 is 14.1 Å². The molecule has 0 fully saturated rings. The Morgan fingerprint density at radius 1 is 1.60 bits per heavy atom. The number of aromatic nitrogens is 2. The molecule has 2 aromatic rings. The lowest BCUT2D eigenvalue weighted by atomic mass is 9.98. The van der Waals surface area contributed by atoms with E-state index in [4.69, 9.17) is 4.42 Å². The lowest BCUT2D eigenvalue weighted by Gasteiger charge is -2.30. The number of imidazole rings is 1. The predicted octanol–water partition coefficient (Wildman–Crippen LogP) is 1.68. The van der Waals surface area contributed by atoms with Gasteiger partial charge in [-0.2, -0.15) is 0 Å². The number of carboxylic acids is 1. The van der Waals surface area contributed by atoms with E-state index in [-0.39, 0.29) is 0 Å². The third-order valence-corrected chi connectivity index (χ3v) is 3.70. The zero-order valence-corrected chi connectivity index (χ0v) is 11.3. The lowest BCUT2D eigenvalue weighted by molar-refractivity contribution is -0.139. The van der Waals surface area contributed by atoms with Crippen LogP contribution in [0.25, 0.3) is 0 Å². The highest BCUT2D eigenvalue weighted by atomic mass is 16.4. The summed E-state index contributed by atoms with van der Waals surface area (Å²) in [6, 6.07) is 3.74. The SMILES string of the molecule is CCn1cnc2c1[C@@H](C(=O)O)CN(Cc1ccco1)C2. The third kappa shape index (κ3) is 2.22. The van der Waals surface area contributed by atoms with E-state index in [0.29, 0.717) is 19.6 Å². The topological polar surface area (TPSA) is 71.5 Å². The van der Waals surface area contributed by atoms with E-state index in [1.165, 1.54) is 0 Å². The first-order valence-electron chi connectivity index (χ1n) is 6.70. The molecule has 3 heterocycles. The summed E-state index contributed by atoms with van der Waals surface area (Å²) >= 11 is 0. The van der Waals surface area contributed by atoms with Gasteiger partial charge in [-0.1, -0.05) is 0 Å². The van der Waals surface area contributed by atoms with Crippen molar-refractivity contribution in [2.45, 2.75) is 32.5 Å². The molecule has 0 aromatic carbocycles. The van der Waals surface area contributed by atoms with Crippen molar-refractivity contribution < 1.29 is 14.3 Å². The Hall–Kier alpha value is -2.08. The number of carboxylic acid groups (broad SMARTS) is 1. The van der Waals surface area contributed by atoms with Crippen LogP contribution in [0, 0.1) is 0 Å². The largest absolute Gasteiger partial charge is 0.481 e. The maximum atomic E-state index is 11.5. The fraction of sp³-hybridized carbons (Fsp3) is 0.429. The molecule has 20 heavy (non-hydrogen) atoms. The molecule has 0 radical (unpaired) electrons. The van der Waals surface area contributed by atoms with E-state index in [2.05, 4.69) is 9.88 Å². The monoisotopic (exact) mass is 275 g/mol. The molecular formula is C14H17N3O3. The summed E-state index contributed by atoms with van der Waals surface area (Å²) in [7, 11) is 0. The number of rotatable bonds is 4. The van der Waals surface area contributed by atoms with Crippen LogP contribution in [0.3, 0.4) is 0 Å². The molecule has 106 valence electrons. The molecule has 2 aromatic heterocycles. The molecule has 0 unspecified atom stereocenters. The standard InChI is InChI=1S/C14H17N3O3/c1-2-17-9-15-12-8-16(6-10-4-3-5-20-10)7-11(13(12)17)14(18)19/h3-5,9,11H,2,6-8H2,1H3,(H,18,19)/t11-/m0/s1. The lowest BCUT2D eigenvalue weighted by Crippen LogP contribution is -2.37. The molecule has 1 aliphatic rings. The number of aryl methyl sites for hydroxylation is 1. The van der Waals surface area contributed by atoms with Crippen molar-refractivity contribution in [3.05, 3.63) is 41.9 Å². The van der Waals surface area contributed by atoms with Crippen molar-refractivity contribution in [1.82, 2.24) is 14.5 Å². The summed E-state index contributed by atoms with van der Waals surface area (Å²) < 4.78 is 7.26. The number of fused-ring (bicyclic) bond motifs is 1. The van der Waals surface area contributed by atoms with Gasteiger partial charge in [0.1, 0.15) is 11.7 Å². The van der Waals surface area contributed by atoms with Crippen molar-refractivity contribution in [2.75, 3.05) is 6.54 Å². The molecule has 0 saturated carbocycles. The highest BCUT2D eigenvalue weighted by Gasteiger charge is 2.34. The maximum Gasteiger partial charge on any atom is 0.313 e. The van der Waals surface area contributed by atoms with Crippen LogP contribution in [0.2, 0.25) is 0 Å². The van der Waals surface area contributed by atoms with E-state index >= 15 is 0 Å². The number of nitrogens with zero attached hydrogens (tertiary/aromatic N) is 3. The van der Waals surface area contributed by atoms with Crippen molar-refractivity contribution in [3.63, 3.8) is 0 Å². The first-order chi connectivity index (χ1) is 9.69. The fourth-order valence-corrected chi connectivity index (χ4v) is 2.77. The molecule has 0 spiro atoms. The van der Waals surface area contributed by atoms with Crippen LogP contribution in [-0.2, 0) is 24.4 Å². The van der Waals surface area contributed by atoms with E-state index in [1.807, 2.05) is 23.6 Å². The molecule has 0 amide bonds. The molecular weight excluding hydrogens is 258 g/mol. The molecule has 1 aliphatic heterocycles. The minimum Gasteiger partial charge on any atom is -0.481 e. The van der Waals surface area contributed by atoms with Gasteiger partial charge in [-0.3, -0.25) is 9.69 Å². The Morgan fingerprint density at radius 2 is 2.45 bits per heavy atom. The first kappa shape index (κ1) is 12.9. The normalized spacial score (nSPS) is 18.9. The van der Waals surface area contributed by atoms with Crippen molar-refractivity contribution >= 4 is 5.97 Å². The van der Waals surface area contributed by atoms with Crippen molar-refractivity contribution in [2.24, 2.45) is 0 Å². The van der Waals surface area contributed by atoms with E-state index in [0.717, 1.165) is 23.7 Å². The van der Waals surface area contributed by atoms with Gasteiger partial charge in [0, 0.05) is 19.6 Å². The van der Waals surface area contributed by atoms with Crippen LogP contribution in [0.4, 0.5) is 0 Å². The van der Waals surface area contributed by atoms with Crippen LogP contribution < -0.4 is 0 Å². The second-order valence-corrected chi connectivity index (χ2v) is 5.00. The average molecular weight is 275 g/mol. The molecule has 6 nitrogen and oxygen atoms in total. The van der Waals surface area contributed by atoms with E-state index < -0.39 is 11.9 Å². The summed E-state index contributed by atoms with van der Waals surface area (Å²) in [6.45, 7) is 4.48. The van der Waals surface area contributed by atoms with Gasteiger partial charge in [-0.25, -0.2) is 4.98 Å². The Bertz CT molecular complexity index is 603. The summed E-state index contributed by atoms with van der Waals surface area (Å²) in [6.07, 6.45) is 3.36. The molecule has 0 bridgehead atoms. The van der Waals surface area contributed by atoms with E-state index in [9.17, 15) is 9.90 Å². The Balaban J connectivity index is 1.87. The minimum absolute atomic E-state index is 0.481. The van der Waals surface area contributed by atoms with Gasteiger partial charge >= 0.3 is 5.97 Å². The number of aliphatic carboxylic acids is 1. The van der Waals surface area contributed by atoms with Gasteiger partial charge in [-0.15, -0.1) is 0 Å². The molecule has 0 aliphatic carbocycles. The second-order valence-electron chi connectivity index (χ2n) is 5.00. The van der Waals surface area contributed by atoms with Gasteiger partial charge in [-0.05, 0) is 19.1 Å². The van der Waals surface area contributed by atoms with Crippen LogP contribution >= 0.6 is 0 Å². The quantitative estimate of drug-likeness (QED) is 0.919. The van der Waals surface area contributed by atoms with Gasteiger partial charge in [0.25, 0.3) is 0 Å². The molecule has 6 heteroatoms. The summed E-state index contributed by atoms with van der Waals surface area (Å²) in [4.78, 5) is 18.0. The van der Waals surface area contributed by atoms with Gasteiger partial charge in [0.2, 0.25) is 0 Å². The highest BCUT2D eigenvalue weighted by Crippen LogP contribution is 2.29. The zero-order valence-electron chi connectivity index (χ0n) is 11.3. The highest BCUT2D eigenvalue weighted by molar-refractivity contribution is 5.76. The maximum absolute atomic E-state index is 11.5. The van der Waals surface area contributed by atoms with Crippen LogP contribution in [0.1, 0.15) is 30.0 Å². The first-order valence-corrected chi connectivity index (χ1v) is 6.70. The van der Waals surface area contributed by atoms with Crippen LogP contribution in [0.5, 0.6) is 0 Å². The van der Waals surface area contributed by atoms with Crippen LogP contribution in [0.15, 0.2) is 29.1 Å². The Morgan fingerprint density at radius 3 is 3.10 bits per heavy atom. The van der Waals surface area contributed by atoms with Crippen LogP contribution in [-0.4, -0.2) is 32.1 Å². The number of carbonyl (C=O) groups is 1. The fourth-order valence-electron chi connectivity index (χ4n) is 2.77. The average Bonchev–Trinajstić information content (AvgIpc) is 3.06. The Labute approximate surface area is 116 Å². The third-order valence-electron chi connectivity index (χ3n) is 3.70. The number of hydrogen-bond acceptors (Lipinski definition) is 4. The molecule has 0 saturated heterocycles. The van der Waals surface area contributed by atoms with Crippen molar-refractivity contribution in [1.29, 1.82) is 0 Å². The zero-order chi connectivity index (χ0) is 14.1. The summed E-state index contributed by atoms with van der Waals surface area (Å²) in [5.41, 5.74) is 1.70. The Kier molecular flexibility index (Phi) is 3.31. The van der Waals surface area contributed by atoms with Gasteiger partial charge in [0.05, 0.1) is 30.5 Å². The number of hydrogen-bond donors (Lipinski definition) is 1. The minimum atomic E-state index is -0.800.